The van der Waals surface area contributed by atoms with Gasteiger partial charge >= 0.3 is 0 Å². The van der Waals surface area contributed by atoms with Gasteiger partial charge in [-0.05, 0) is 32.3 Å². The summed E-state index contributed by atoms with van der Waals surface area (Å²) in [6.45, 7) is 15.0. The largest absolute Gasteiger partial charge is 0.496 e. The number of benzene rings is 1. The number of methoxy groups -OCH3 is 1. The minimum Gasteiger partial charge on any atom is -0.496 e. The van der Waals surface area contributed by atoms with E-state index in [1.807, 2.05) is 47.6 Å². The van der Waals surface area contributed by atoms with Crippen molar-refractivity contribution in [1.29, 1.82) is 0 Å². The first-order chi connectivity index (χ1) is 12.8. The number of Topliss-reactive ketones (excluding diaryl/α,β-unsaturated/α-hetero) is 3. The minimum atomic E-state index is -0.405. The summed E-state index contributed by atoms with van der Waals surface area (Å²) in [5, 5.41) is 0. The fourth-order valence-corrected chi connectivity index (χ4v) is 2.72. The lowest BCUT2D eigenvalue weighted by molar-refractivity contribution is -0.121. The number of carbonyl (C=O) groups excluding carboxylic acids is 3. The van der Waals surface area contributed by atoms with E-state index in [0.29, 0.717) is 24.2 Å². The molecule has 0 radical (unpaired) electrons. The van der Waals surface area contributed by atoms with Crippen molar-refractivity contribution in [3.63, 3.8) is 0 Å². The van der Waals surface area contributed by atoms with Crippen molar-refractivity contribution in [2.24, 2.45) is 5.92 Å². The van der Waals surface area contributed by atoms with Gasteiger partial charge in [-0.3, -0.25) is 9.59 Å². The van der Waals surface area contributed by atoms with Gasteiger partial charge in [-0.1, -0.05) is 53.7 Å². The predicted octanol–water partition coefficient (Wildman–Crippen LogP) is 6.02. The van der Waals surface area contributed by atoms with Crippen molar-refractivity contribution in [3.05, 3.63) is 29.3 Å². The van der Waals surface area contributed by atoms with Crippen LogP contribution in [0, 0.1) is 5.92 Å². The van der Waals surface area contributed by atoms with Gasteiger partial charge in [0.2, 0.25) is 0 Å². The topological polar surface area (TPSA) is 60.4 Å². The number of carbonyl (C=O) groups is 3. The SMILES string of the molecule is CC.CC.COc1cccc(C(=O)CC(CCC(C)=O)C(C)=O)c1C(C)C. The first-order valence-electron chi connectivity index (χ1n) is 9.97. The van der Waals surface area contributed by atoms with Crippen LogP contribution in [-0.4, -0.2) is 24.5 Å². The highest BCUT2D eigenvalue weighted by atomic mass is 16.5. The van der Waals surface area contributed by atoms with E-state index in [9.17, 15) is 14.4 Å². The molecule has 1 aromatic rings. The first kappa shape index (κ1) is 27.3. The van der Waals surface area contributed by atoms with Crippen LogP contribution < -0.4 is 4.74 Å². The number of hydrogen-bond donors (Lipinski definition) is 0. The Labute approximate surface area is 165 Å². The molecule has 0 spiro atoms. The maximum absolute atomic E-state index is 12.7. The van der Waals surface area contributed by atoms with Crippen molar-refractivity contribution in [2.75, 3.05) is 7.11 Å². The third-order valence-corrected chi connectivity index (χ3v) is 4.02. The fourth-order valence-electron chi connectivity index (χ4n) is 2.72. The molecule has 0 amide bonds. The van der Waals surface area contributed by atoms with Gasteiger partial charge in [0.1, 0.15) is 17.3 Å². The number of rotatable bonds is 9. The average Bonchev–Trinajstić information content (AvgIpc) is 2.66. The zero-order chi connectivity index (χ0) is 21.6. The Hall–Kier alpha value is -1.97. The standard InChI is InChI=1S/C19H26O4.2C2H6/c1-12(2)19-16(7-6-8-18(19)23-5)17(22)11-15(14(4)21)10-9-13(3)20;2*1-2/h6-8,12,15H,9-11H2,1-5H3;2*1-2H3. The summed E-state index contributed by atoms with van der Waals surface area (Å²) in [5.74, 6) is 0.336. The molecule has 1 unspecified atom stereocenters. The van der Waals surface area contributed by atoms with E-state index in [1.54, 1.807) is 19.2 Å². The van der Waals surface area contributed by atoms with Gasteiger partial charge in [-0.15, -0.1) is 0 Å². The Balaban J connectivity index is 0. The lowest BCUT2D eigenvalue weighted by Gasteiger charge is -2.18. The Bertz CT molecular complexity index is 588. The van der Waals surface area contributed by atoms with Crippen LogP contribution in [0.3, 0.4) is 0 Å². The summed E-state index contributed by atoms with van der Waals surface area (Å²) in [6.07, 6.45) is 0.888. The minimum absolute atomic E-state index is 0.0351. The lowest BCUT2D eigenvalue weighted by Crippen LogP contribution is -2.18. The summed E-state index contributed by atoms with van der Waals surface area (Å²) in [4.78, 5) is 35.6. The maximum Gasteiger partial charge on any atom is 0.164 e. The highest BCUT2D eigenvalue weighted by Crippen LogP contribution is 2.31. The number of ketones is 3. The van der Waals surface area contributed by atoms with E-state index in [1.165, 1.54) is 13.8 Å². The van der Waals surface area contributed by atoms with Crippen molar-refractivity contribution in [1.82, 2.24) is 0 Å². The molecule has 4 nitrogen and oxygen atoms in total. The first-order valence-corrected chi connectivity index (χ1v) is 9.97. The normalized spacial score (nSPS) is 10.7. The molecule has 1 atom stereocenters. The molecule has 4 heteroatoms. The number of ether oxygens (including phenoxy) is 1. The highest BCUT2D eigenvalue weighted by Gasteiger charge is 2.23. The summed E-state index contributed by atoms with van der Waals surface area (Å²) >= 11 is 0. The van der Waals surface area contributed by atoms with Gasteiger partial charge in [0.25, 0.3) is 0 Å². The van der Waals surface area contributed by atoms with Crippen LogP contribution in [0.5, 0.6) is 5.75 Å². The molecule has 0 bridgehead atoms. The lowest BCUT2D eigenvalue weighted by atomic mass is 9.87. The maximum atomic E-state index is 12.7. The van der Waals surface area contributed by atoms with E-state index >= 15 is 0 Å². The Morgan fingerprint density at radius 1 is 1.00 bits per heavy atom. The van der Waals surface area contributed by atoms with Gasteiger partial charge in [0, 0.05) is 29.9 Å². The summed E-state index contributed by atoms with van der Waals surface area (Å²) < 4.78 is 5.37. The van der Waals surface area contributed by atoms with Crippen LogP contribution in [0.4, 0.5) is 0 Å². The molecular weight excluding hydrogens is 340 g/mol. The third-order valence-electron chi connectivity index (χ3n) is 4.02. The molecular formula is C23H38O4. The molecule has 0 aliphatic carbocycles. The Morgan fingerprint density at radius 3 is 1.96 bits per heavy atom. The second kappa shape index (κ2) is 15.1. The van der Waals surface area contributed by atoms with Gasteiger partial charge in [0.05, 0.1) is 7.11 Å². The summed E-state index contributed by atoms with van der Waals surface area (Å²) in [5.41, 5.74) is 1.47. The smallest absolute Gasteiger partial charge is 0.164 e. The molecule has 0 N–H and O–H groups in total. The number of hydrogen-bond acceptors (Lipinski definition) is 4. The van der Waals surface area contributed by atoms with E-state index in [2.05, 4.69) is 0 Å². The Morgan fingerprint density at radius 2 is 1.56 bits per heavy atom. The van der Waals surface area contributed by atoms with E-state index < -0.39 is 5.92 Å². The molecule has 154 valence electrons. The zero-order valence-corrected chi connectivity index (χ0v) is 18.6. The molecule has 0 aliphatic rings. The molecule has 0 fully saturated rings. The van der Waals surface area contributed by atoms with Gasteiger partial charge in [-0.2, -0.15) is 0 Å². The highest BCUT2D eigenvalue weighted by molar-refractivity contribution is 6.00. The van der Waals surface area contributed by atoms with Crippen LogP contribution in [0.15, 0.2) is 18.2 Å². The van der Waals surface area contributed by atoms with Gasteiger partial charge in [-0.25, -0.2) is 0 Å². The molecule has 0 saturated heterocycles. The van der Waals surface area contributed by atoms with Crippen molar-refractivity contribution in [3.8, 4) is 5.75 Å². The average molecular weight is 379 g/mol. The zero-order valence-electron chi connectivity index (χ0n) is 18.6. The van der Waals surface area contributed by atoms with Crippen molar-refractivity contribution in [2.45, 2.75) is 80.6 Å². The van der Waals surface area contributed by atoms with E-state index in [-0.39, 0.29) is 29.7 Å². The van der Waals surface area contributed by atoms with Crippen LogP contribution in [-0.2, 0) is 9.59 Å². The van der Waals surface area contributed by atoms with Crippen LogP contribution in [0.1, 0.15) is 96.5 Å². The molecule has 1 rings (SSSR count). The fraction of sp³-hybridized carbons (Fsp3) is 0.609. The second-order valence-electron chi connectivity index (χ2n) is 6.25. The monoisotopic (exact) mass is 378 g/mol. The van der Waals surface area contributed by atoms with Crippen molar-refractivity contribution < 1.29 is 19.1 Å². The van der Waals surface area contributed by atoms with E-state index in [4.69, 9.17) is 4.74 Å². The van der Waals surface area contributed by atoms with Gasteiger partial charge < -0.3 is 9.53 Å². The van der Waals surface area contributed by atoms with Gasteiger partial charge in [0.15, 0.2) is 5.78 Å². The molecule has 0 aliphatic heterocycles. The van der Waals surface area contributed by atoms with E-state index in [0.717, 1.165) is 5.56 Å². The third kappa shape index (κ3) is 9.50. The quantitative estimate of drug-likeness (QED) is 0.493. The molecule has 1 aromatic carbocycles. The molecule has 0 aromatic heterocycles. The second-order valence-corrected chi connectivity index (χ2v) is 6.25. The summed E-state index contributed by atoms with van der Waals surface area (Å²) in [7, 11) is 1.58. The summed E-state index contributed by atoms with van der Waals surface area (Å²) in [6, 6.07) is 5.41. The molecule has 27 heavy (non-hydrogen) atoms. The Kier molecular flexibility index (Phi) is 15.3. The van der Waals surface area contributed by atoms with Crippen molar-refractivity contribution >= 4 is 17.3 Å². The molecule has 0 heterocycles. The molecule has 0 saturated carbocycles. The van der Waals surface area contributed by atoms with Crippen LogP contribution in [0.2, 0.25) is 0 Å². The predicted molar refractivity (Wildman–Crippen MR) is 113 cm³/mol. The van der Waals surface area contributed by atoms with Crippen LogP contribution >= 0.6 is 0 Å². The van der Waals surface area contributed by atoms with Crippen LogP contribution in [0.25, 0.3) is 0 Å².